The van der Waals surface area contributed by atoms with Gasteiger partial charge in [0.25, 0.3) is 5.91 Å². The molecule has 0 atom stereocenters. The Balaban J connectivity index is 2.13. The van der Waals surface area contributed by atoms with Gasteiger partial charge in [-0.05, 0) is 43.7 Å². The molecule has 0 radical (unpaired) electrons. The average Bonchev–Trinajstić information content (AvgIpc) is 2.58. The Hall–Kier alpha value is -3.02. The van der Waals surface area contributed by atoms with Crippen molar-refractivity contribution in [1.82, 2.24) is 0 Å². The number of ether oxygens (including phenoxy) is 2. The summed E-state index contributed by atoms with van der Waals surface area (Å²) in [5.41, 5.74) is 6.77. The van der Waals surface area contributed by atoms with Crippen LogP contribution in [0.1, 0.15) is 29.8 Å². The fourth-order valence-electron chi connectivity index (χ4n) is 2.39. The molecule has 0 spiro atoms. The van der Waals surface area contributed by atoms with Gasteiger partial charge in [-0.2, -0.15) is 0 Å². The molecule has 2 aromatic rings. The molecule has 6 heteroatoms. The number of rotatable bonds is 8. The molecule has 0 aliphatic rings. The summed E-state index contributed by atoms with van der Waals surface area (Å²) in [5.74, 6) is 0.413. The van der Waals surface area contributed by atoms with Crippen LogP contribution in [0.5, 0.6) is 11.5 Å². The maximum absolute atomic E-state index is 12.3. The topological polar surface area (TPSA) is 90.6 Å². The maximum atomic E-state index is 12.3. The normalized spacial score (nSPS) is 10.2. The minimum atomic E-state index is -0.587. The van der Waals surface area contributed by atoms with Crippen molar-refractivity contribution in [2.45, 2.75) is 20.3 Å². The van der Waals surface area contributed by atoms with E-state index in [1.165, 1.54) is 0 Å². The van der Waals surface area contributed by atoms with E-state index < -0.39 is 5.91 Å². The van der Waals surface area contributed by atoms with E-state index >= 15 is 0 Å². The van der Waals surface area contributed by atoms with Crippen molar-refractivity contribution in [3.05, 3.63) is 53.6 Å². The Morgan fingerprint density at radius 3 is 2.36 bits per heavy atom. The lowest BCUT2D eigenvalue weighted by atomic mass is 10.1. The monoisotopic (exact) mass is 342 g/mol. The number of amides is 2. The smallest absolute Gasteiger partial charge is 0.250 e. The Bertz CT molecular complexity index is 759. The molecule has 2 rings (SSSR count). The van der Waals surface area contributed by atoms with E-state index in [4.69, 9.17) is 15.2 Å². The van der Waals surface area contributed by atoms with Gasteiger partial charge in [0.2, 0.25) is 5.91 Å². The van der Waals surface area contributed by atoms with Crippen LogP contribution in [0.4, 0.5) is 5.69 Å². The van der Waals surface area contributed by atoms with Gasteiger partial charge in [-0.3, -0.25) is 9.59 Å². The van der Waals surface area contributed by atoms with Gasteiger partial charge in [-0.25, -0.2) is 0 Å². The van der Waals surface area contributed by atoms with Crippen molar-refractivity contribution < 1.29 is 19.1 Å². The Morgan fingerprint density at radius 2 is 1.68 bits per heavy atom. The number of carbonyl (C=O) groups is 2. The fraction of sp³-hybridized carbons (Fsp3) is 0.263. The second kappa shape index (κ2) is 8.73. The second-order valence-corrected chi connectivity index (χ2v) is 5.28. The van der Waals surface area contributed by atoms with Gasteiger partial charge < -0.3 is 20.5 Å². The van der Waals surface area contributed by atoms with Crippen molar-refractivity contribution in [2.24, 2.45) is 5.73 Å². The summed E-state index contributed by atoms with van der Waals surface area (Å²) in [5, 5.41) is 2.72. The molecule has 0 saturated carbocycles. The largest absolute Gasteiger partial charge is 0.490 e. The molecular formula is C19H22N2O4. The molecule has 2 aromatic carbocycles. The van der Waals surface area contributed by atoms with Crippen LogP contribution in [0, 0.1) is 0 Å². The van der Waals surface area contributed by atoms with Crippen LogP contribution in [0.25, 0.3) is 0 Å². The van der Waals surface area contributed by atoms with Crippen LogP contribution in [-0.4, -0.2) is 25.0 Å². The summed E-state index contributed by atoms with van der Waals surface area (Å²) in [6.07, 6.45) is 0.138. The van der Waals surface area contributed by atoms with Crippen molar-refractivity contribution in [1.29, 1.82) is 0 Å². The number of hydrogen-bond acceptors (Lipinski definition) is 4. The first-order valence-corrected chi connectivity index (χ1v) is 8.12. The number of para-hydroxylation sites is 1. The summed E-state index contributed by atoms with van der Waals surface area (Å²) >= 11 is 0. The lowest BCUT2D eigenvalue weighted by molar-refractivity contribution is -0.115. The first-order chi connectivity index (χ1) is 12.0. The highest BCUT2D eigenvalue weighted by Gasteiger charge is 2.12. The molecule has 0 fully saturated rings. The van der Waals surface area contributed by atoms with Crippen LogP contribution in [0.15, 0.2) is 42.5 Å². The highest BCUT2D eigenvalue weighted by molar-refractivity contribution is 6.03. The average molecular weight is 342 g/mol. The zero-order chi connectivity index (χ0) is 18.2. The molecule has 2 amide bonds. The third-order valence-corrected chi connectivity index (χ3v) is 3.44. The van der Waals surface area contributed by atoms with Crippen molar-refractivity contribution in [3.63, 3.8) is 0 Å². The standard InChI is InChI=1S/C19H22N2O4/c1-3-24-16-10-9-13(11-17(16)25-4-2)12-18(22)21-15-8-6-5-7-14(15)19(20)23/h5-11H,3-4,12H2,1-2H3,(H2,20,23)(H,21,22). The molecule has 0 aromatic heterocycles. The maximum Gasteiger partial charge on any atom is 0.250 e. The molecule has 0 saturated heterocycles. The van der Waals surface area contributed by atoms with E-state index in [1.807, 2.05) is 19.9 Å². The van der Waals surface area contributed by atoms with Crippen LogP contribution >= 0.6 is 0 Å². The van der Waals surface area contributed by atoms with E-state index in [0.29, 0.717) is 30.4 Å². The van der Waals surface area contributed by atoms with Gasteiger partial charge in [0, 0.05) is 0 Å². The Kier molecular flexibility index (Phi) is 6.39. The third kappa shape index (κ3) is 4.97. The zero-order valence-electron chi connectivity index (χ0n) is 14.4. The van der Waals surface area contributed by atoms with Gasteiger partial charge in [-0.15, -0.1) is 0 Å². The second-order valence-electron chi connectivity index (χ2n) is 5.28. The molecule has 6 nitrogen and oxygen atoms in total. The van der Waals surface area contributed by atoms with Crippen LogP contribution in [0.3, 0.4) is 0 Å². The number of nitrogens with two attached hydrogens (primary N) is 1. The summed E-state index contributed by atoms with van der Waals surface area (Å²) in [4.78, 5) is 23.7. The van der Waals surface area contributed by atoms with Gasteiger partial charge in [0.1, 0.15) is 0 Å². The van der Waals surface area contributed by atoms with Crippen molar-refractivity contribution >= 4 is 17.5 Å². The summed E-state index contributed by atoms with van der Waals surface area (Å²) in [6, 6.07) is 12.0. The summed E-state index contributed by atoms with van der Waals surface area (Å²) in [7, 11) is 0. The molecule has 0 aliphatic heterocycles. The number of primary amides is 1. The Morgan fingerprint density at radius 1 is 1.00 bits per heavy atom. The van der Waals surface area contributed by atoms with Crippen molar-refractivity contribution in [3.8, 4) is 11.5 Å². The SMILES string of the molecule is CCOc1ccc(CC(=O)Nc2ccccc2C(N)=O)cc1OCC. The minimum Gasteiger partial charge on any atom is -0.490 e. The van der Waals surface area contributed by atoms with E-state index in [0.717, 1.165) is 5.56 Å². The Labute approximate surface area is 146 Å². The summed E-state index contributed by atoms with van der Waals surface area (Å²) in [6.45, 7) is 4.81. The van der Waals surface area contributed by atoms with E-state index in [-0.39, 0.29) is 17.9 Å². The first-order valence-electron chi connectivity index (χ1n) is 8.12. The van der Waals surface area contributed by atoms with Gasteiger partial charge in [0.15, 0.2) is 11.5 Å². The predicted molar refractivity (Wildman–Crippen MR) is 96.1 cm³/mol. The van der Waals surface area contributed by atoms with Gasteiger partial charge in [0.05, 0.1) is 30.9 Å². The van der Waals surface area contributed by atoms with E-state index in [9.17, 15) is 9.59 Å². The fourth-order valence-corrected chi connectivity index (χ4v) is 2.39. The lowest BCUT2D eigenvalue weighted by Gasteiger charge is -2.13. The zero-order valence-corrected chi connectivity index (χ0v) is 14.4. The molecule has 132 valence electrons. The lowest BCUT2D eigenvalue weighted by Crippen LogP contribution is -2.19. The third-order valence-electron chi connectivity index (χ3n) is 3.44. The number of benzene rings is 2. The highest BCUT2D eigenvalue weighted by atomic mass is 16.5. The van der Waals surface area contributed by atoms with Crippen LogP contribution < -0.4 is 20.5 Å². The molecule has 0 bridgehead atoms. The number of hydrogen-bond donors (Lipinski definition) is 2. The molecule has 3 N–H and O–H groups in total. The number of carbonyl (C=O) groups excluding carboxylic acids is 2. The molecule has 0 heterocycles. The molecule has 0 unspecified atom stereocenters. The van der Waals surface area contributed by atoms with E-state index in [1.54, 1.807) is 36.4 Å². The highest BCUT2D eigenvalue weighted by Crippen LogP contribution is 2.29. The first kappa shape index (κ1) is 18.3. The molecular weight excluding hydrogens is 320 g/mol. The predicted octanol–water partition coefficient (Wildman–Crippen LogP) is 2.76. The minimum absolute atomic E-state index is 0.138. The van der Waals surface area contributed by atoms with Gasteiger partial charge >= 0.3 is 0 Å². The number of nitrogens with one attached hydrogen (secondary N) is 1. The molecule has 0 aliphatic carbocycles. The summed E-state index contributed by atoms with van der Waals surface area (Å²) < 4.78 is 11.1. The van der Waals surface area contributed by atoms with Crippen molar-refractivity contribution in [2.75, 3.05) is 18.5 Å². The van der Waals surface area contributed by atoms with Crippen LogP contribution in [-0.2, 0) is 11.2 Å². The van der Waals surface area contributed by atoms with Crippen LogP contribution in [0.2, 0.25) is 0 Å². The van der Waals surface area contributed by atoms with E-state index in [2.05, 4.69) is 5.32 Å². The van der Waals surface area contributed by atoms with Gasteiger partial charge in [-0.1, -0.05) is 18.2 Å². The molecule has 25 heavy (non-hydrogen) atoms. The quantitative estimate of drug-likeness (QED) is 0.772. The number of anilines is 1.